The first kappa shape index (κ1) is 33.7. The first-order valence-electron chi connectivity index (χ1n) is 14.5. The highest BCUT2D eigenvalue weighted by Crippen LogP contribution is 2.27. The van der Waals surface area contributed by atoms with Crippen molar-refractivity contribution in [1.29, 1.82) is 0 Å². The van der Waals surface area contributed by atoms with Gasteiger partial charge in [0, 0.05) is 25.4 Å². The van der Waals surface area contributed by atoms with Crippen LogP contribution in [-0.4, -0.2) is 49.6 Å². The molecule has 0 spiro atoms. The van der Waals surface area contributed by atoms with Gasteiger partial charge in [-0.25, -0.2) is 9.59 Å². The lowest BCUT2D eigenvalue weighted by atomic mass is 9.89. The molecule has 0 fully saturated rings. The van der Waals surface area contributed by atoms with Crippen LogP contribution >= 0.6 is 0 Å². The largest absolute Gasteiger partial charge is 0.458 e. The van der Waals surface area contributed by atoms with E-state index in [9.17, 15) is 9.59 Å². The van der Waals surface area contributed by atoms with Gasteiger partial charge in [-0.1, -0.05) is 112 Å². The number of hydrogen-bond donors (Lipinski definition) is 3. The van der Waals surface area contributed by atoms with Crippen molar-refractivity contribution in [1.82, 2.24) is 0 Å². The van der Waals surface area contributed by atoms with Crippen molar-refractivity contribution < 1.29 is 28.5 Å². The molecule has 0 saturated carbocycles. The predicted octanol–water partition coefficient (Wildman–Crippen LogP) is 4.67. The number of benzene rings is 3. The number of rotatable bonds is 16. The van der Waals surface area contributed by atoms with E-state index in [1.807, 2.05) is 112 Å². The van der Waals surface area contributed by atoms with Gasteiger partial charge in [0.1, 0.15) is 18.3 Å². The Balaban J connectivity index is 1.78. The van der Waals surface area contributed by atoms with Crippen molar-refractivity contribution in [2.75, 3.05) is 13.2 Å². The van der Waals surface area contributed by atoms with Gasteiger partial charge in [0.15, 0.2) is 6.10 Å². The fourth-order valence-corrected chi connectivity index (χ4v) is 4.72. The molecule has 3 aromatic carbocycles. The number of carbonyl (C=O) groups excluding carboxylic acids is 2. The standard InChI is InChI=1S/C34H45N3O6/c1-34(2,3)31(41-22-25-15-9-5-10-16-25)32(38)42-27(20-28(36)26-17-11-6-12-18-26)23-40-30(21-35)29(43-33(37)39)19-24-13-7-4-8-14-24/h4-18,27-31H,19-23,35-36H2,1-3H3,(H2,37,39). The van der Waals surface area contributed by atoms with E-state index < -0.39 is 47.9 Å². The molecule has 0 aliphatic heterocycles. The maximum atomic E-state index is 13.6. The summed E-state index contributed by atoms with van der Waals surface area (Å²) in [6.45, 7) is 6.03. The molecule has 3 rings (SSSR count). The molecule has 5 unspecified atom stereocenters. The minimum atomic E-state index is -0.930. The lowest BCUT2D eigenvalue weighted by Gasteiger charge is -2.32. The quantitative estimate of drug-likeness (QED) is 0.204. The normalized spacial score (nSPS) is 15.1. The van der Waals surface area contributed by atoms with Gasteiger partial charge in [0.05, 0.1) is 13.2 Å². The Hall–Kier alpha value is -3.76. The molecule has 0 aromatic heterocycles. The molecule has 232 valence electrons. The number of amides is 1. The lowest BCUT2D eigenvalue weighted by molar-refractivity contribution is -0.177. The second kappa shape index (κ2) is 16.8. The van der Waals surface area contributed by atoms with Crippen LogP contribution in [0.15, 0.2) is 91.0 Å². The van der Waals surface area contributed by atoms with E-state index in [0.717, 1.165) is 16.7 Å². The van der Waals surface area contributed by atoms with E-state index >= 15 is 0 Å². The monoisotopic (exact) mass is 591 g/mol. The van der Waals surface area contributed by atoms with E-state index in [4.69, 9.17) is 36.1 Å². The summed E-state index contributed by atoms with van der Waals surface area (Å²) in [6.07, 6.45) is -3.36. The van der Waals surface area contributed by atoms with Crippen molar-refractivity contribution in [3.63, 3.8) is 0 Å². The van der Waals surface area contributed by atoms with E-state index in [2.05, 4.69) is 0 Å². The van der Waals surface area contributed by atoms with Gasteiger partial charge in [0.2, 0.25) is 0 Å². The van der Waals surface area contributed by atoms with Gasteiger partial charge < -0.3 is 36.1 Å². The van der Waals surface area contributed by atoms with Crippen LogP contribution in [0.25, 0.3) is 0 Å². The SMILES string of the molecule is CC(C)(C)C(OCc1ccccc1)C(=O)OC(COC(CN)C(Cc1ccccc1)OC(N)=O)CC(N)c1ccccc1. The second-order valence-corrected chi connectivity index (χ2v) is 11.6. The number of esters is 1. The number of ether oxygens (including phenoxy) is 4. The van der Waals surface area contributed by atoms with Crippen LogP contribution in [0, 0.1) is 5.41 Å². The van der Waals surface area contributed by atoms with Crippen LogP contribution in [0.3, 0.4) is 0 Å². The molecule has 0 aliphatic rings. The van der Waals surface area contributed by atoms with Gasteiger partial charge in [-0.2, -0.15) is 0 Å². The number of primary amides is 1. The maximum absolute atomic E-state index is 13.6. The lowest BCUT2D eigenvalue weighted by Crippen LogP contribution is -2.44. The summed E-state index contributed by atoms with van der Waals surface area (Å²) in [7, 11) is 0. The summed E-state index contributed by atoms with van der Waals surface area (Å²) in [5.74, 6) is -0.518. The molecule has 9 nitrogen and oxygen atoms in total. The number of carbonyl (C=O) groups is 2. The summed E-state index contributed by atoms with van der Waals surface area (Å²) in [5.41, 5.74) is 20.2. The molecule has 3 aromatic rings. The molecular formula is C34H45N3O6. The minimum absolute atomic E-state index is 0.0307. The fraction of sp³-hybridized carbons (Fsp3) is 0.412. The predicted molar refractivity (Wildman–Crippen MR) is 166 cm³/mol. The van der Waals surface area contributed by atoms with Crippen LogP contribution in [0.5, 0.6) is 0 Å². The van der Waals surface area contributed by atoms with Gasteiger partial charge in [0.25, 0.3) is 0 Å². The average Bonchev–Trinajstić information content (AvgIpc) is 2.98. The molecular weight excluding hydrogens is 546 g/mol. The zero-order valence-corrected chi connectivity index (χ0v) is 25.3. The molecule has 6 N–H and O–H groups in total. The van der Waals surface area contributed by atoms with Crippen molar-refractivity contribution in [2.24, 2.45) is 22.6 Å². The van der Waals surface area contributed by atoms with E-state index in [1.54, 1.807) is 0 Å². The summed E-state index contributed by atoms with van der Waals surface area (Å²) in [5, 5.41) is 0. The first-order valence-corrected chi connectivity index (χ1v) is 14.5. The fourth-order valence-electron chi connectivity index (χ4n) is 4.72. The van der Waals surface area contributed by atoms with Crippen LogP contribution in [0.2, 0.25) is 0 Å². The Morgan fingerprint density at radius 2 is 1.33 bits per heavy atom. The van der Waals surface area contributed by atoms with Gasteiger partial charge >= 0.3 is 12.1 Å². The smallest absolute Gasteiger partial charge is 0.404 e. The Morgan fingerprint density at radius 3 is 1.86 bits per heavy atom. The number of hydrogen-bond acceptors (Lipinski definition) is 8. The van der Waals surface area contributed by atoms with Gasteiger partial charge in [-0.05, 0) is 22.1 Å². The number of nitrogens with two attached hydrogens (primary N) is 3. The third kappa shape index (κ3) is 11.4. The molecule has 0 bridgehead atoms. The molecule has 0 radical (unpaired) electrons. The van der Waals surface area contributed by atoms with Gasteiger partial charge in [-0.15, -0.1) is 0 Å². The first-order chi connectivity index (χ1) is 20.6. The Kier molecular flexibility index (Phi) is 13.2. The second-order valence-electron chi connectivity index (χ2n) is 11.6. The van der Waals surface area contributed by atoms with Crippen LogP contribution < -0.4 is 17.2 Å². The summed E-state index contributed by atoms with van der Waals surface area (Å²) in [4.78, 5) is 25.4. The zero-order chi connectivity index (χ0) is 31.2. The summed E-state index contributed by atoms with van der Waals surface area (Å²) in [6, 6.07) is 28.3. The van der Waals surface area contributed by atoms with Crippen molar-refractivity contribution in [3.8, 4) is 0 Å². The topological polar surface area (TPSA) is 149 Å². The molecule has 43 heavy (non-hydrogen) atoms. The van der Waals surface area contributed by atoms with E-state index in [1.165, 1.54) is 0 Å². The highest BCUT2D eigenvalue weighted by Gasteiger charge is 2.36. The van der Waals surface area contributed by atoms with Gasteiger partial charge in [-0.3, -0.25) is 0 Å². The third-order valence-electron chi connectivity index (χ3n) is 6.98. The van der Waals surface area contributed by atoms with Crippen LogP contribution in [-0.2, 0) is 36.8 Å². The molecule has 0 saturated heterocycles. The molecule has 0 aliphatic carbocycles. The van der Waals surface area contributed by atoms with Crippen molar-refractivity contribution in [3.05, 3.63) is 108 Å². The maximum Gasteiger partial charge on any atom is 0.404 e. The highest BCUT2D eigenvalue weighted by molar-refractivity contribution is 5.75. The van der Waals surface area contributed by atoms with E-state index in [-0.39, 0.29) is 26.2 Å². The molecule has 1 amide bonds. The summed E-state index contributed by atoms with van der Waals surface area (Å²) >= 11 is 0. The Morgan fingerprint density at radius 1 is 0.767 bits per heavy atom. The Labute approximate surface area is 254 Å². The summed E-state index contributed by atoms with van der Waals surface area (Å²) < 4.78 is 23.8. The molecule has 5 atom stereocenters. The van der Waals surface area contributed by atoms with Crippen LogP contribution in [0.4, 0.5) is 4.79 Å². The average molecular weight is 592 g/mol. The van der Waals surface area contributed by atoms with Crippen molar-refractivity contribution in [2.45, 2.75) is 70.7 Å². The highest BCUT2D eigenvalue weighted by atomic mass is 16.6. The Bertz CT molecular complexity index is 1240. The van der Waals surface area contributed by atoms with E-state index in [0.29, 0.717) is 6.42 Å². The third-order valence-corrected chi connectivity index (χ3v) is 6.98. The van der Waals surface area contributed by atoms with Crippen LogP contribution in [0.1, 0.15) is 49.9 Å². The van der Waals surface area contributed by atoms with Crippen molar-refractivity contribution >= 4 is 12.1 Å². The molecule has 0 heterocycles. The minimum Gasteiger partial charge on any atom is -0.458 e. The molecule has 9 heteroatoms. The zero-order valence-electron chi connectivity index (χ0n) is 25.3.